The molecular weight excluding hydrogens is 525 g/mol. The first-order chi connectivity index (χ1) is 14.3. The lowest BCUT2D eigenvalue weighted by Gasteiger charge is -2.39. The Labute approximate surface area is 187 Å². The minimum atomic E-state index is -0.402. The lowest BCUT2D eigenvalue weighted by atomic mass is 10.1. The fourth-order valence-electron chi connectivity index (χ4n) is 3.28. The Morgan fingerprint density at radius 2 is 2.00 bits per heavy atom. The second kappa shape index (κ2) is 8.31. The maximum Gasteiger partial charge on any atom is 0.293 e. The van der Waals surface area contributed by atoms with Crippen LogP contribution in [0.3, 0.4) is 0 Å². The molecule has 1 aliphatic heterocycles. The average molecular weight is 541 g/mol. The monoisotopic (exact) mass is 539 g/mol. The van der Waals surface area contributed by atoms with Gasteiger partial charge in [-0.2, -0.15) is 0 Å². The fraction of sp³-hybridized carbons (Fsp3) is 0.263. The first-order valence-electron chi connectivity index (χ1n) is 9.06. The predicted molar refractivity (Wildman–Crippen MR) is 112 cm³/mol. The van der Waals surface area contributed by atoms with Gasteiger partial charge in [-0.3, -0.25) is 9.59 Å². The van der Waals surface area contributed by atoms with E-state index in [9.17, 15) is 14.0 Å². The number of benzene rings is 1. The van der Waals surface area contributed by atoms with E-state index >= 15 is 0 Å². The molecule has 3 heterocycles. The fourth-order valence-corrected chi connectivity index (χ4v) is 3.86. The lowest BCUT2D eigenvalue weighted by Crippen LogP contribution is -2.55. The highest BCUT2D eigenvalue weighted by molar-refractivity contribution is 9.13. The van der Waals surface area contributed by atoms with E-state index in [-0.39, 0.29) is 29.4 Å². The van der Waals surface area contributed by atoms with Crippen LogP contribution in [0.4, 0.5) is 4.39 Å². The third kappa shape index (κ3) is 4.04. The van der Waals surface area contributed by atoms with Gasteiger partial charge in [0.1, 0.15) is 12.1 Å². The Hall–Kier alpha value is -2.53. The van der Waals surface area contributed by atoms with Gasteiger partial charge in [-0.25, -0.2) is 14.1 Å². The van der Waals surface area contributed by atoms with Crippen LogP contribution in [0.25, 0.3) is 5.69 Å². The normalized spacial score (nSPS) is 16.7. The molecule has 156 valence electrons. The molecule has 4 rings (SSSR count). The summed E-state index contributed by atoms with van der Waals surface area (Å²) in [4.78, 5) is 32.9. The summed E-state index contributed by atoms with van der Waals surface area (Å²) in [6, 6.07) is 7.25. The van der Waals surface area contributed by atoms with Gasteiger partial charge < -0.3 is 14.2 Å². The quantitative estimate of drug-likeness (QED) is 0.507. The van der Waals surface area contributed by atoms with Crippen molar-refractivity contribution in [1.29, 1.82) is 0 Å². The van der Waals surface area contributed by atoms with Gasteiger partial charge in [-0.05, 0) is 57.0 Å². The van der Waals surface area contributed by atoms with Gasteiger partial charge in [0.05, 0.1) is 10.2 Å². The molecule has 0 radical (unpaired) electrons. The molecule has 1 atom stereocenters. The molecule has 2 amide bonds. The molecule has 0 unspecified atom stereocenters. The van der Waals surface area contributed by atoms with Crippen LogP contribution < -0.4 is 0 Å². The van der Waals surface area contributed by atoms with E-state index in [2.05, 4.69) is 41.9 Å². The summed E-state index contributed by atoms with van der Waals surface area (Å²) in [5, 5.41) is 4.18. The summed E-state index contributed by atoms with van der Waals surface area (Å²) in [6.45, 7) is 2.89. The molecule has 1 aliphatic rings. The van der Waals surface area contributed by atoms with Crippen LogP contribution in [0, 0.1) is 5.82 Å². The standard InChI is InChI=1S/C19H16Br2FN5O3/c1-11-9-25(5-6-26(11)18(28)15-8-14(20)16(21)30-15)19(29)17-23-10-27(24-17)13-4-2-3-12(22)7-13/h2-4,7-8,10-11H,5-6,9H2,1H3/t11-/m0/s1. The topological polar surface area (TPSA) is 84.5 Å². The highest BCUT2D eigenvalue weighted by Crippen LogP contribution is 2.28. The van der Waals surface area contributed by atoms with E-state index in [1.54, 1.807) is 28.0 Å². The highest BCUT2D eigenvalue weighted by Gasteiger charge is 2.33. The maximum atomic E-state index is 13.4. The van der Waals surface area contributed by atoms with Crippen molar-refractivity contribution < 1.29 is 18.4 Å². The Kier molecular flexibility index (Phi) is 5.74. The Morgan fingerprint density at radius 1 is 1.20 bits per heavy atom. The first kappa shape index (κ1) is 20.7. The van der Waals surface area contributed by atoms with Gasteiger partial charge in [-0.1, -0.05) is 6.07 Å². The molecule has 3 aromatic rings. The Balaban J connectivity index is 1.44. The second-order valence-electron chi connectivity index (χ2n) is 6.82. The Bertz CT molecular complexity index is 1100. The number of halogens is 3. The van der Waals surface area contributed by atoms with Gasteiger partial charge in [0.15, 0.2) is 10.4 Å². The van der Waals surface area contributed by atoms with Gasteiger partial charge >= 0.3 is 0 Å². The predicted octanol–water partition coefficient (Wildman–Crippen LogP) is 3.51. The number of piperazine rings is 1. The van der Waals surface area contributed by atoms with Crippen molar-refractivity contribution in [2.45, 2.75) is 13.0 Å². The molecule has 1 saturated heterocycles. The Morgan fingerprint density at radius 3 is 2.67 bits per heavy atom. The number of amides is 2. The largest absolute Gasteiger partial charge is 0.443 e. The lowest BCUT2D eigenvalue weighted by molar-refractivity contribution is 0.0389. The minimum absolute atomic E-state index is 0.0186. The smallest absolute Gasteiger partial charge is 0.293 e. The van der Waals surface area contributed by atoms with Crippen molar-refractivity contribution in [3.05, 3.63) is 63.2 Å². The molecule has 0 spiro atoms. The van der Waals surface area contributed by atoms with Crippen LogP contribution in [0.1, 0.15) is 28.1 Å². The summed E-state index contributed by atoms with van der Waals surface area (Å²) in [5.41, 5.74) is 0.473. The molecular formula is C19H16Br2FN5O3. The van der Waals surface area contributed by atoms with Crippen molar-refractivity contribution in [3.63, 3.8) is 0 Å². The van der Waals surface area contributed by atoms with Crippen LogP contribution in [0.2, 0.25) is 0 Å². The molecule has 0 aliphatic carbocycles. The number of carbonyl (C=O) groups excluding carboxylic acids is 2. The number of nitrogens with zero attached hydrogens (tertiary/aromatic N) is 5. The first-order valence-corrected chi connectivity index (χ1v) is 10.6. The molecule has 0 bridgehead atoms. The van der Waals surface area contributed by atoms with E-state index in [1.807, 2.05) is 6.92 Å². The number of aromatic nitrogens is 3. The van der Waals surface area contributed by atoms with E-state index in [4.69, 9.17) is 4.42 Å². The average Bonchev–Trinajstić information content (AvgIpc) is 3.34. The number of hydrogen-bond donors (Lipinski definition) is 0. The third-order valence-corrected chi connectivity index (χ3v) is 6.50. The maximum absolute atomic E-state index is 13.4. The third-order valence-electron chi connectivity index (χ3n) is 4.79. The summed E-state index contributed by atoms with van der Waals surface area (Å²) in [6.07, 6.45) is 1.37. The molecule has 0 saturated carbocycles. The van der Waals surface area contributed by atoms with Crippen LogP contribution in [-0.4, -0.2) is 62.1 Å². The van der Waals surface area contributed by atoms with Gasteiger partial charge in [0, 0.05) is 31.7 Å². The number of furan rings is 1. The highest BCUT2D eigenvalue weighted by atomic mass is 79.9. The van der Waals surface area contributed by atoms with E-state index in [0.29, 0.717) is 34.5 Å². The van der Waals surface area contributed by atoms with Crippen molar-refractivity contribution >= 4 is 43.7 Å². The molecule has 8 nitrogen and oxygen atoms in total. The zero-order chi connectivity index (χ0) is 21.4. The van der Waals surface area contributed by atoms with E-state index < -0.39 is 5.82 Å². The summed E-state index contributed by atoms with van der Waals surface area (Å²) in [5.74, 6) is -0.746. The van der Waals surface area contributed by atoms with Gasteiger partial charge in [-0.15, -0.1) is 5.10 Å². The SMILES string of the molecule is C[C@H]1CN(C(=O)c2ncn(-c3cccc(F)c3)n2)CCN1C(=O)c1cc(Br)c(Br)o1. The molecule has 1 aromatic carbocycles. The number of rotatable bonds is 3. The summed E-state index contributed by atoms with van der Waals surface area (Å²) >= 11 is 6.53. The van der Waals surface area contributed by atoms with Crippen molar-refractivity contribution in [2.75, 3.05) is 19.6 Å². The van der Waals surface area contributed by atoms with Crippen LogP contribution in [0.5, 0.6) is 0 Å². The van der Waals surface area contributed by atoms with Crippen molar-refractivity contribution in [3.8, 4) is 5.69 Å². The number of hydrogen-bond acceptors (Lipinski definition) is 5. The van der Waals surface area contributed by atoms with E-state index in [0.717, 1.165) is 0 Å². The van der Waals surface area contributed by atoms with Crippen LogP contribution >= 0.6 is 31.9 Å². The molecule has 11 heteroatoms. The number of carbonyl (C=O) groups is 2. The summed E-state index contributed by atoms with van der Waals surface area (Å²) in [7, 11) is 0. The molecule has 0 N–H and O–H groups in total. The molecule has 30 heavy (non-hydrogen) atoms. The van der Waals surface area contributed by atoms with Crippen molar-refractivity contribution in [1.82, 2.24) is 24.6 Å². The minimum Gasteiger partial charge on any atom is -0.443 e. The van der Waals surface area contributed by atoms with Crippen LogP contribution in [0.15, 0.2) is 50.2 Å². The zero-order valence-corrected chi connectivity index (χ0v) is 18.9. The van der Waals surface area contributed by atoms with Gasteiger partial charge in [0.25, 0.3) is 11.8 Å². The van der Waals surface area contributed by atoms with E-state index in [1.165, 1.54) is 23.1 Å². The zero-order valence-electron chi connectivity index (χ0n) is 15.8. The van der Waals surface area contributed by atoms with Crippen molar-refractivity contribution in [2.24, 2.45) is 0 Å². The molecule has 2 aromatic heterocycles. The summed E-state index contributed by atoms with van der Waals surface area (Å²) < 4.78 is 21.3. The molecule has 1 fully saturated rings. The van der Waals surface area contributed by atoms with Crippen LogP contribution in [-0.2, 0) is 0 Å². The van der Waals surface area contributed by atoms with Gasteiger partial charge in [0.2, 0.25) is 5.82 Å². The second-order valence-corrected chi connectivity index (χ2v) is 8.40.